The summed E-state index contributed by atoms with van der Waals surface area (Å²) in [6, 6.07) is 12.1. The highest BCUT2D eigenvalue weighted by molar-refractivity contribution is 7.22. The summed E-state index contributed by atoms with van der Waals surface area (Å²) >= 11 is 1.44. The van der Waals surface area contributed by atoms with Crippen LogP contribution in [-0.4, -0.2) is 63.2 Å². The molecule has 0 saturated heterocycles. The van der Waals surface area contributed by atoms with Gasteiger partial charge in [-0.15, -0.1) is 12.4 Å². The number of carbonyl (C=O) groups excluding carboxylic acids is 2. The van der Waals surface area contributed by atoms with Gasteiger partial charge in [0.05, 0.1) is 24.5 Å². The number of hydrogen-bond acceptors (Lipinski definition) is 7. The van der Waals surface area contributed by atoms with Gasteiger partial charge in [0.1, 0.15) is 11.3 Å². The predicted molar refractivity (Wildman–Crippen MR) is 121 cm³/mol. The van der Waals surface area contributed by atoms with Gasteiger partial charge in [0.25, 0.3) is 5.91 Å². The number of anilines is 1. The first kappa shape index (κ1) is 23.6. The number of nitrogens with zero attached hydrogens (tertiary/aromatic N) is 3. The zero-order chi connectivity index (χ0) is 21.0. The topological polar surface area (TPSA) is 72.0 Å². The van der Waals surface area contributed by atoms with E-state index in [9.17, 15) is 9.59 Å². The van der Waals surface area contributed by atoms with Gasteiger partial charge < -0.3 is 14.4 Å². The van der Waals surface area contributed by atoms with E-state index < -0.39 is 5.97 Å². The van der Waals surface area contributed by atoms with Crippen LogP contribution in [0.15, 0.2) is 42.5 Å². The molecule has 0 aliphatic rings. The van der Waals surface area contributed by atoms with Gasteiger partial charge >= 0.3 is 5.97 Å². The molecule has 0 atom stereocenters. The van der Waals surface area contributed by atoms with E-state index in [0.717, 1.165) is 10.2 Å². The maximum atomic E-state index is 13.3. The van der Waals surface area contributed by atoms with Crippen molar-refractivity contribution < 1.29 is 19.1 Å². The maximum Gasteiger partial charge on any atom is 0.337 e. The number of benzene rings is 2. The van der Waals surface area contributed by atoms with E-state index in [2.05, 4.69) is 4.98 Å². The molecule has 0 aliphatic heterocycles. The number of fused-ring (bicyclic) bond motifs is 1. The quantitative estimate of drug-likeness (QED) is 0.512. The van der Waals surface area contributed by atoms with Crippen LogP contribution >= 0.6 is 23.7 Å². The van der Waals surface area contributed by atoms with E-state index in [-0.39, 0.29) is 18.3 Å². The molecular formula is C21H24ClN3O4S. The van der Waals surface area contributed by atoms with Crippen LogP contribution in [0.5, 0.6) is 5.75 Å². The van der Waals surface area contributed by atoms with Gasteiger partial charge in [-0.3, -0.25) is 9.69 Å². The molecule has 0 N–H and O–H groups in total. The summed E-state index contributed by atoms with van der Waals surface area (Å²) in [7, 11) is 6.84. The second-order valence-corrected chi connectivity index (χ2v) is 7.64. The lowest BCUT2D eigenvalue weighted by molar-refractivity contribution is 0.0600. The van der Waals surface area contributed by atoms with Gasteiger partial charge in [0.15, 0.2) is 5.13 Å². The van der Waals surface area contributed by atoms with Crippen LogP contribution in [-0.2, 0) is 4.74 Å². The summed E-state index contributed by atoms with van der Waals surface area (Å²) in [5.41, 5.74) is 1.61. The predicted octanol–water partition coefficient (Wildman–Crippen LogP) is 3.72. The Balaban J connectivity index is 0.00000320. The Morgan fingerprint density at radius 2 is 1.67 bits per heavy atom. The summed E-state index contributed by atoms with van der Waals surface area (Å²) < 4.78 is 11.1. The minimum atomic E-state index is -0.438. The number of ether oxygens (including phenoxy) is 2. The van der Waals surface area contributed by atoms with Gasteiger partial charge in [-0.2, -0.15) is 0 Å². The lowest BCUT2D eigenvalue weighted by Gasteiger charge is -2.22. The molecule has 0 radical (unpaired) electrons. The number of carbonyl (C=O) groups is 2. The average Bonchev–Trinajstić information content (AvgIpc) is 3.17. The second-order valence-electron chi connectivity index (χ2n) is 6.63. The molecule has 0 saturated carbocycles. The first-order chi connectivity index (χ1) is 13.9. The first-order valence-corrected chi connectivity index (χ1v) is 9.84. The SMILES string of the molecule is COC(=O)c1ccc(C(=O)N(CCN(C)C)c2nc3c(OC)cccc3s2)cc1.Cl. The Bertz CT molecular complexity index is 1020. The number of para-hydroxylation sites is 1. The summed E-state index contributed by atoms with van der Waals surface area (Å²) in [6.45, 7) is 1.16. The Morgan fingerprint density at radius 1 is 1.00 bits per heavy atom. The van der Waals surface area contributed by atoms with Gasteiger partial charge in [-0.05, 0) is 50.5 Å². The van der Waals surface area contributed by atoms with Crippen LogP contribution in [0.3, 0.4) is 0 Å². The summed E-state index contributed by atoms with van der Waals surface area (Å²) in [6.07, 6.45) is 0. The van der Waals surface area contributed by atoms with E-state index in [0.29, 0.717) is 35.1 Å². The fourth-order valence-electron chi connectivity index (χ4n) is 2.80. The Hall–Kier alpha value is -2.68. The van der Waals surface area contributed by atoms with Crippen LogP contribution in [0.25, 0.3) is 10.2 Å². The summed E-state index contributed by atoms with van der Waals surface area (Å²) in [5.74, 6) is 0.0560. The van der Waals surface area contributed by atoms with Crippen LogP contribution < -0.4 is 9.64 Å². The molecule has 7 nitrogen and oxygen atoms in total. The summed E-state index contributed by atoms with van der Waals surface area (Å²) in [5, 5.41) is 0.605. The Labute approximate surface area is 185 Å². The standard InChI is InChI=1S/C21H23N3O4S.ClH/c1-23(2)12-13-24(19(25)14-8-10-15(11-9-14)20(26)28-4)21-22-18-16(27-3)6-5-7-17(18)29-21;/h5-11H,12-13H2,1-4H3;1H. The van der Waals surface area contributed by atoms with Gasteiger partial charge in [0, 0.05) is 18.7 Å². The molecule has 30 heavy (non-hydrogen) atoms. The minimum Gasteiger partial charge on any atom is -0.494 e. The van der Waals surface area contributed by atoms with Crippen LogP contribution in [0, 0.1) is 0 Å². The van der Waals surface area contributed by atoms with E-state index >= 15 is 0 Å². The van der Waals surface area contributed by atoms with Crippen LogP contribution in [0.1, 0.15) is 20.7 Å². The molecular weight excluding hydrogens is 426 g/mol. The number of halogens is 1. The summed E-state index contributed by atoms with van der Waals surface area (Å²) in [4.78, 5) is 33.3. The molecule has 0 unspecified atom stereocenters. The number of esters is 1. The molecule has 1 aromatic heterocycles. The van der Waals surface area contributed by atoms with Crippen molar-refractivity contribution in [2.24, 2.45) is 0 Å². The molecule has 0 bridgehead atoms. The van der Waals surface area contributed by atoms with Crippen LogP contribution in [0.4, 0.5) is 5.13 Å². The first-order valence-electron chi connectivity index (χ1n) is 9.03. The average molecular weight is 450 g/mol. The van der Waals surface area contributed by atoms with Gasteiger partial charge in [-0.25, -0.2) is 9.78 Å². The lowest BCUT2D eigenvalue weighted by Crippen LogP contribution is -2.36. The normalized spacial score (nSPS) is 10.6. The van der Waals surface area contributed by atoms with Crippen molar-refractivity contribution in [3.8, 4) is 5.75 Å². The molecule has 0 aliphatic carbocycles. The third-order valence-corrected chi connectivity index (χ3v) is 5.43. The fraction of sp³-hybridized carbons (Fsp3) is 0.286. The molecule has 160 valence electrons. The maximum absolute atomic E-state index is 13.3. The molecule has 3 rings (SSSR count). The van der Waals surface area contributed by atoms with Crippen molar-refractivity contribution in [1.29, 1.82) is 0 Å². The van der Waals surface area contributed by atoms with E-state index in [1.54, 1.807) is 36.3 Å². The number of thiazole rings is 1. The number of methoxy groups -OCH3 is 2. The van der Waals surface area contributed by atoms with Crippen molar-refractivity contribution in [3.05, 3.63) is 53.6 Å². The van der Waals surface area contributed by atoms with Crippen molar-refractivity contribution in [2.45, 2.75) is 0 Å². The largest absolute Gasteiger partial charge is 0.494 e. The van der Waals surface area contributed by atoms with Crippen molar-refractivity contribution in [3.63, 3.8) is 0 Å². The number of aromatic nitrogens is 1. The zero-order valence-corrected chi connectivity index (χ0v) is 18.9. The highest BCUT2D eigenvalue weighted by atomic mass is 35.5. The molecule has 0 fully saturated rings. The lowest BCUT2D eigenvalue weighted by atomic mass is 10.1. The molecule has 0 spiro atoms. The second kappa shape index (κ2) is 10.4. The van der Waals surface area contributed by atoms with Crippen molar-refractivity contribution in [2.75, 3.05) is 46.3 Å². The molecule has 9 heteroatoms. The molecule has 2 aromatic carbocycles. The van der Waals surface area contributed by atoms with E-state index in [4.69, 9.17) is 9.47 Å². The van der Waals surface area contributed by atoms with Gasteiger partial charge in [0.2, 0.25) is 0 Å². The number of hydrogen-bond donors (Lipinski definition) is 0. The smallest absolute Gasteiger partial charge is 0.337 e. The van der Waals surface area contributed by atoms with Crippen molar-refractivity contribution >= 4 is 51.0 Å². The van der Waals surface area contributed by atoms with Gasteiger partial charge in [-0.1, -0.05) is 17.4 Å². The van der Waals surface area contributed by atoms with E-state index in [1.165, 1.54) is 18.4 Å². The highest BCUT2D eigenvalue weighted by Gasteiger charge is 2.22. The highest BCUT2D eigenvalue weighted by Crippen LogP contribution is 2.34. The number of rotatable bonds is 7. The fourth-order valence-corrected chi connectivity index (χ4v) is 3.81. The van der Waals surface area contributed by atoms with E-state index in [1.807, 2.05) is 37.2 Å². The Kier molecular flexibility index (Phi) is 8.16. The minimum absolute atomic E-state index is 0. The monoisotopic (exact) mass is 449 g/mol. The molecule has 1 amide bonds. The molecule has 3 aromatic rings. The third-order valence-electron chi connectivity index (χ3n) is 4.39. The van der Waals surface area contributed by atoms with Crippen molar-refractivity contribution in [1.82, 2.24) is 9.88 Å². The third kappa shape index (κ3) is 5.08. The number of amides is 1. The number of likely N-dealkylation sites (N-methyl/N-ethyl adjacent to an activating group) is 1. The molecule has 1 heterocycles. The zero-order valence-electron chi connectivity index (χ0n) is 17.2. The Morgan fingerprint density at radius 3 is 2.27 bits per heavy atom. The van der Waals surface area contributed by atoms with Crippen LogP contribution in [0.2, 0.25) is 0 Å².